The third-order valence-corrected chi connectivity index (χ3v) is 3.81. The van der Waals surface area contributed by atoms with E-state index in [0.717, 1.165) is 0 Å². The standard InChI is InChI=1S/C15H12BrClN2O2/c1-9(19-21)11-4-2-3-5-14(11)18-15(20)12-8-10(17)6-7-13(12)16/h2-8,21H,1H3,(H,18,20)/b19-9-. The Labute approximate surface area is 135 Å². The quantitative estimate of drug-likeness (QED) is 0.475. The third kappa shape index (κ3) is 3.62. The van der Waals surface area contributed by atoms with Crippen molar-refractivity contribution in [3.8, 4) is 0 Å². The van der Waals surface area contributed by atoms with Crippen LogP contribution in [0.4, 0.5) is 5.69 Å². The lowest BCUT2D eigenvalue weighted by Gasteiger charge is -2.11. The number of rotatable bonds is 3. The van der Waals surface area contributed by atoms with Crippen LogP contribution < -0.4 is 5.32 Å². The number of nitrogens with one attached hydrogen (secondary N) is 1. The highest BCUT2D eigenvalue weighted by molar-refractivity contribution is 9.10. The Balaban J connectivity index is 2.34. The first-order valence-electron chi connectivity index (χ1n) is 6.07. The van der Waals surface area contributed by atoms with Crippen LogP contribution in [0.15, 0.2) is 52.1 Å². The topological polar surface area (TPSA) is 61.7 Å². The Morgan fingerprint density at radius 3 is 2.67 bits per heavy atom. The van der Waals surface area contributed by atoms with E-state index in [9.17, 15) is 4.79 Å². The van der Waals surface area contributed by atoms with Crippen molar-refractivity contribution in [3.05, 3.63) is 63.1 Å². The van der Waals surface area contributed by atoms with E-state index in [2.05, 4.69) is 26.4 Å². The fourth-order valence-electron chi connectivity index (χ4n) is 1.82. The van der Waals surface area contributed by atoms with Gasteiger partial charge in [0.05, 0.1) is 17.0 Å². The highest BCUT2D eigenvalue weighted by Crippen LogP contribution is 2.23. The van der Waals surface area contributed by atoms with Gasteiger partial charge in [-0.3, -0.25) is 4.79 Å². The zero-order chi connectivity index (χ0) is 15.4. The second kappa shape index (κ2) is 6.74. The first-order chi connectivity index (χ1) is 10.0. The van der Waals surface area contributed by atoms with Gasteiger partial charge in [0.25, 0.3) is 5.91 Å². The van der Waals surface area contributed by atoms with Gasteiger partial charge < -0.3 is 10.5 Å². The number of anilines is 1. The molecular weight excluding hydrogens is 356 g/mol. The van der Waals surface area contributed by atoms with E-state index in [1.165, 1.54) is 0 Å². The van der Waals surface area contributed by atoms with Gasteiger partial charge in [-0.15, -0.1) is 0 Å². The summed E-state index contributed by atoms with van der Waals surface area (Å²) in [6, 6.07) is 12.1. The van der Waals surface area contributed by atoms with Crippen LogP contribution in [0.5, 0.6) is 0 Å². The molecule has 2 aromatic rings. The third-order valence-electron chi connectivity index (χ3n) is 2.89. The molecule has 0 saturated carbocycles. The molecule has 4 nitrogen and oxygen atoms in total. The van der Waals surface area contributed by atoms with E-state index < -0.39 is 0 Å². The normalized spacial score (nSPS) is 11.3. The number of carbonyl (C=O) groups excluding carboxylic acids is 1. The Morgan fingerprint density at radius 1 is 1.24 bits per heavy atom. The van der Waals surface area contributed by atoms with Gasteiger partial charge in [-0.2, -0.15) is 0 Å². The molecule has 0 heterocycles. The number of nitrogens with zero attached hydrogens (tertiary/aromatic N) is 1. The summed E-state index contributed by atoms with van der Waals surface area (Å²) in [6.07, 6.45) is 0. The van der Waals surface area contributed by atoms with Crippen LogP contribution in [0.3, 0.4) is 0 Å². The molecule has 0 radical (unpaired) electrons. The summed E-state index contributed by atoms with van der Waals surface area (Å²) < 4.78 is 0.648. The maximum atomic E-state index is 12.3. The number of halogens is 2. The number of benzene rings is 2. The second-order valence-electron chi connectivity index (χ2n) is 4.31. The first-order valence-corrected chi connectivity index (χ1v) is 7.24. The predicted octanol–water partition coefficient (Wildman–Crippen LogP) is 4.55. The van der Waals surface area contributed by atoms with Crippen molar-refractivity contribution < 1.29 is 10.0 Å². The summed E-state index contributed by atoms with van der Waals surface area (Å²) in [4.78, 5) is 12.3. The fourth-order valence-corrected chi connectivity index (χ4v) is 2.42. The molecule has 0 saturated heterocycles. The van der Waals surface area contributed by atoms with Gasteiger partial charge in [0.1, 0.15) is 0 Å². The number of amides is 1. The summed E-state index contributed by atoms with van der Waals surface area (Å²) in [5, 5.41) is 15.3. The molecule has 2 aromatic carbocycles. The van der Waals surface area contributed by atoms with Gasteiger partial charge in [-0.25, -0.2) is 0 Å². The monoisotopic (exact) mass is 366 g/mol. The van der Waals surface area contributed by atoms with Crippen molar-refractivity contribution in [1.29, 1.82) is 0 Å². The largest absolute Gasteiger partial charge is 0.411 e. The van der Waals surface area contributed by atoms with Crippen LogP contribution in [-0.4, -0.2) is 16.8 Å². The van der Waals surface area contributed by atoms with Crippen LogP contribution >= 0.6 is 27.5 Å². The van der Waals surface area contributed by atoms with Crippen LogP contribution in [0.1, 0.15) is 22.8 Å². The molecule has 2 N–H and O–H groups in total. The molecule has 1 amide bonds. The van der Waals surface area contributed by atoms with E-state index >= 15 is 0 Å². The summed E-state index contributed by atoms with van der Waals surface area (Å²) in [5.74, 6) is -0.303. The minimum absolute atomic E-state index is 0.303. The molecule has 6 heteroatoms. The molecule has 0 aliphatic heterocycles. The Kier molecular flexibility index (Phi) is 4.98. The lowest BCUT2D eigenvalue weighted by Crippen LogP contribution is -2.15. The van der Waals surface area contributed by atoms with Gasteiger partial charge in [-0.05, 0) is 47.1 Å². The number of hydrogen-bond donors (Lipinski definition) is 2. The lowest BCUT2D eigenvalue weighted by molar-refractivity contribution is 0.102. The maximum Gasteiger partial charge on any atom is 0.256 e. The molecule has 0 aliphatic carbocycles. The van der Waals surface area contributed by atoms with Crippen molar-refractivity contribution in [2.75, 3.05) is 5.32 Å². The number of oxime groups is 1. The van der Waals surface area contributed by atoms with Crippen LogP contribution in [0.25, 0.3) is 0 Å². The zero-order valence-electron chi connectivity index (χ0n) is 11.1. The molecule has 108 valence electrons. The molecule has 2 rings (SSSR count). The minimum Gasteiger partial charge on any atom is -0.411 e. The number of hydrogen-bond acceptors (Lipinski definition) is 3. The Bertz CT molecular complexity index is 717. The number of carbonyl (C=O) groups is 1. The average molecular weight is 368 g/mol. The fraction of sp³-hybridized carbons (Fsp3) is 0.0667. The number of para-hydroxylation sites is 1. The average Bonchev–Trinajstić information content (AvgIpc) is 2.49. The van der Waals surface area contributed by atoms with Gasteiger partial charge in [0.15, 0.2) is 0 Å². The summed E-state index contributed by atoms with van der Waals surface area (Å²) in [7, 11) is 0. The summed E-state index contributed by atoms with van der Waals surface area (Å²) in [6.45, 7) is 1.65. The first kappa shape index (κ1) is 15.5. The van der Waals surface area contributed by atoms with E-state index in [1.54, 1.807) is 49.4 Å². The highest BCUT2D eigenvalue weighted by Gasteiger charge is 2.13. The molecule has 21 heavy (non-hydrogen) atoms. The Hall–Kier alpha value is -1.85. The van der Waals surface area contributed by atoms with Gasteiger partial charge in [0.2, 0.25) is 0 Å². The van der Waals surface area contributed by atoms with Crippen molar-refractivity contribution in [3.63, 3.8) is 0 Å². The molecular formula is C15H12BrClN2O2. The molecule has 0 aromatic heterocycles. The van der Waals surface area contributed by atoms with Crippen LogP contribution in [0, 0.1) is 0 Å². The second-order valence-corrected chi connectivity index (χ2v) is 5.60. The van der Waals surface area contributed by atoms with Crippen molar-refractivity contribution in [2.24, 2.45) is 5.16 Å². The van der Waals surface area contributed by atoms with E-state index in [-0.39, 0.29) is 5.91 Å². The molecule has 0 fully saturated rings. The smallest absolute Gasteiger partial charge is 0.256 e. The molecule has 0 spiro atoms. The predicted molar refractivity (Wildman–Crippen MR) is 87.5 cm³/mol. The maximum absolute atomic E-state index is 12.3. The molecule has 0 unspecified atom stereocenters. The minimum atomic E-state index is -0.303. The SMILES string of the molecule is C/C(=N/O)c1ccccc1NC(=O)c1cc(Cl)ccc1Br. The van der Waals surface area contributed by atoms with Crippen molar-refractivity contribution >= 4 is 44.8 Å². The van der Waals surface area contributed by atoms with Gasteiger partial charge >= 0.3 is 0 Å². The Morgan fingerprint density at radius 2 is 1.95 bits per heavy atom. The highest BCUT2D eigenvalue weighted by atomic mass is 79.9. The van der Waals surface area contributed by atoms with E-state index in [4.69, 9.17) is 16.8 Å². The zero-order valence-corrected chi connectivity index (χ0v) is 13.4. The van der Waals surface area contributed by atoms with E-state index in [0.29, 0.717) is 32.0 Å². The lowest BCUT2D eigenvalue weighted by atomic mass is 10.1. The van der Waals surface area contributed by atoms with Crippen molar-refractivity contribution in [2.45, 2.75) is 6.92 Å². The molecule has 0 aliphatic rings. The van der Waals surface area contributed by atoms with Crippen LogP contribution in [0.2, 0.25) is 5.02 Å². The van der Waals surface area contributed by atoms with Gasteiger partial charge in [-0.1, -0.05) is 35.0 Å². The van der Waals surface area contributed by atoms with Gasteiger partial charge in [0, 0.05) is 15.1 Å². The summed E-state index contributed by atoms with van der Waals surface area (Å²) in [5.41, 5.74) is 2.04. The van der Waals surface area contributed by atoms with E-state index in [1.807, 2.05) is 0 Å². The van der Waals surface area contributed by atoms with Crippen LogP contribution in [-0.2, 0) is 0 Å². The molecule has 0 atom stereocenters. The molecule has 0 bridgehead atoms. The van der Waals surface area contributed by atoms with Crippen molar-refractivity contribution in [1.82, 2.24) is 0 Å². The summed E-state index contributed by atoms with van der Waals surface area (Å²) >= 11 is 9.24.